The highest BCUT2D eigenvalue weighted by Crippen LogP contribution is 2.56. The van der Waals surface area contributed by atoms with Crippen LogP contribution >= 0.6 is 0 Å². The SMILES string of the molecule is c1ccc(-c2nc(-c3ccccc3)nc(-n3c4ccccc4c4c5cccc(-c6ccc7c(c6)-c6ccccc6C7(c6ccccc6)c6ccccn6)c5ccc43)n2)cc1. The molecule has 280 valence electrons. The molecule has 12 rings (SSSR count). The highest BCUT2D eigenvalue weighted by atomic mass is 15.2. The first-order valence-electron chi connectivity index (χ1n) is 20.3. The zero-order valence-electron chi connectivity index (χ0n) is 32.4. The Morgan fingerprint density at radius 3 is 1.77 bits per heavy atom. The van der Waals surface area contributed by atoms with Crippen LogP contribution < -0.4 is 0 Å². The molecule has 0 saturated heterocycles. The van der Waals surface area contributed by atoms with Crippen molar-refractivity contribution < 1.29 is 0 Å². The second kappa shape index (κ2) is 13.5. The van der Waals surface area contributed by atoms with Crippen LogP contribution in [0.15, 0.2) is 212 Å². The predicted octanol–water partition coefficient (Wildman–Crippen LogP) is 12.9. The Morgan fingerprint density at radius 2 is 1.02 bits per heavy atom. The quantitative estimate of drug-likeness (QED) is 0.169. The van der Waals surface area contributed by atoms with Gasteiger partial charge in [-0.1, -0.05) is 176 Å². The minimum absolute atomic E-state index is 0.546. The molecule has 8 aromatic carbocycles. The monoisotopic (exact) mass is 765 g/mol. The van der Waals surface area contributed by atoms with Crippen LogP contribution in [0.25, 0.3) is 83.6 Å². The molecule has 1 atom stereocenters. The van der Waals surface area contributed by atoms with Crippen LogP contribution in [0.4, 0.5) is 0 Å². The van der Waals surface area contributed by atoms with E-state index in [1.54, 1.807) is 0 Å². The fourth-order valence-corrected chi connectivity index (χ4v) is 9.65. The van der Waals surface area contributed by atoms with Crippen molar-refractivity contribution in [2.45, 2.75) is 5.41 Å². The maximum atomic E-state index is 5.16. The van der Waals surface area contributed by atoms with E-state index >= 15 is 0 Å². The number of para-hydroxylation sites is 1. The first kappa shape index (κ1) is 34.1. The summed E-state index contributed by atoms with van der Waals surface area (Å²) in [5.74, 6) is 1.84. The molecule has 0 spiro atoms. The molecule has 5 nitrogen and oxygen atoms in total. The third-order valence-electron chi connectivity index (χ3n) is 12.2. The number of hydrogen-bond acceptors (Lipinski definition) is 4. The summed E-state index contributed by atoms with van der Waals surface area (Å²) in [6, 6.07) is 73.0. The van der Waals surface area contributed by atoms with E-state index in [9.17, 15) is 0 Å². The molecule has 11 aromatic rings. The summed E-state index contributed by atoms with van der Waals surface area (Å²) in [7, 11) is 0. The van der Waals surface area contributed by atoms with Gasteiger partial charge in [0.1, 0.15) is 0 Å². The lowest BCUT2D eigenvalue weighted by Crippen LogP contribution is -2.29. The molecule has 0 fully saturated rings. The average molecular weight is 766 g/mol. The predicted molar refractivity (Wildman–Crippen MR) is 243 cm³/mol. The molecule has 0 radical (unpaired) electrons. The number of pyridine rings is 1. The van der Waals surface area contributed by atoms with E-state index in [2.05, 4.69) is 144 Å². The normalized spacial score (nSPS) is 14.4. The Bertz CT molecular complexity index is 3320. The average Bonchev–Trinajstić information content (AvgIpc) is 3.83. The minimum Gasteiger partial charge on any atom is -0.278 e. The molecule has 60 heavy (non-hydrogen) atoms. The van der Waals surface area contributed by atoms with Gasteiger partial charge in [-0.25, -0.2) is 4.98 Å². The summed E-state index contributed by atoms with van der Waals surface area (Å²) in [6.07, 6.45) is 1.91. The van der Waals surface area contributed by atoms with E-state index in [4.69, 9.17) is 19.9 Å². The molecule has 1 aliphatic carbocycles. The van der Waals surface area contributed by atoms with Crippen molar-refractivity contribution in [2.75, 3.05) is 0 Å². The molecule has 0 saturated carbocycles. The lowest BCUT2D eigenvalue weighted by molar-refractivity contribution is 0.735. The molecule has 1 unspecified atom stereocenters. The zero-order valence-corrected chi connectivity index (χ0v) is 32.4. The van der Waals surface area contributed by atoms with E-state index in [0.717, 1.165) is 38.6 Å². The Hall–Kier alpha value is -8.02. The summed E-state index contributed by atoms with van der Waals surface area (Å²) in [5.41, 5.74) is 12.9. The van der Waals surface area contributed by atoms with Crippen LogP contribution in [0.2, 0.25) is 0 Å². The second-order valence-corrected chi connectivity index (χ2v) is 15.4. The Balaban J connectivity index is 1.08. The number of aromatic nitrogens is 5. The Kier molecular flexibility index (Phi) is 7.69. The molecule has 3 heterocycles. The minimum atomic E-state index is -0.546. The molecule has 5 heteroatoms. The van der Waals surface area contributed by atoms with Gasteiger partial charge in [-0.15, -0.1) is 0 Å². The highest BCUT2D eigenvalue weighted by molar-refractivity contribution is 6.23. The van der Waals surface area contributed by atoms with Crippen molar-refractivity contribution in [3.63, 3.8) is 0 Å². The molecular formula is C55H35N5. The molecule has 1 aliphatic rings. The van der Waals surface area contributed by atoms with Gasteiger partial charge in [-0.05, 0) is 80.0 Å². The topological polar surface area (TPSA) is 56.5 Å². The number of nitrogens with zero attached hydrogens (tertiary/aromatic N) is 5. The summed E-state index contributed by atoms with van der Waals surface area (Å²) >= 11 is 0. The van der Waals surface area contributed by atoms with Crippen LogP contribution in [0, 0.1) is 0 Å². The summed E-state index contributed by atoms with van der Waals surface area (Å²) in [4.78, 5) is 20.3. The molecule has 3 aromatic heterocycles. The van der Waals surface area contributed by atoms with E-state index in [1.807, 2.05) is 72.9 Å². The van der Waals surface area contributed by atoms with Gasteiger partial charge in [0, 0.05) is 28.1 Å². The van der Waals surface area contributed by atoms with Gasteiger partial charge in [-0.2, -0.15) is 9.97 Å². The molecule has 0 N–H and O–H groups in total. The smallest absolute Gasteiger partial charge is 0.238 e. The summed E-state index contributed by atoms with van der Waals surface area (Å²) < 4.78 is 2.20. The Morgan fingerprint density at radius 1 is 0.383 bits per heavy atom. The van der Waals surface area contributed by atoms with Crippen LogP contribution in [0.3, 0.4) is 0 Å². The van der Waals surface area contributed by atoms with E-state index in [-0.39, 0.29) is 0 Å². The van der Waals surface area contributed by atoms with Crippen LogP contribution in [0.1, 0.15) is 22.4 Å². The van der Waals surface area contributed by atoms with Crippen LogP contribution in [-0.4, -0.2) is 24.5 Å². The largest absolute Gasteiger partial charge is 0.278 e. The van der Waals surface area contributed by atoms with Crippen molar-refractivity contribution in [2.24, 2.45) is 0 Å². The third-order valence-corrected chi connectivity index (χ3v) is 12.2. The Labute approximate surface area is 347 Å². The van der Waals surface area contributed by atoms with Gasteiger partial charge in [-0.3, -0.25) is 9.55 Å². The number of rotatable bonds is 6. The molecule has 0 bridgehead atoms. The fourth-order valence-electron chi connectivity index (χ4n) is 9.65. The zero-order chi connectivity index (χ0) is 39.6. The second-order valence-electron chi connectivity index (χ2n) is 15.4. The van der Waals surface area contributed by atoms with Crippen molar-refractivity contribution in [3.8, 4) is 51.0 Å². The van der Waals surface area contributed by atoms with Gasteiger partial charge in [0.25, 0.3) is 0 Å². The maximum Gasteiger partial charge on any atom is 0.238 e. The summed E-state index contributed by atoms with van der Waals surface area (Å²) in [5, 5.41) is 4.67. The molecule has 0 amide bonds. The lowest BCUT2D eigenvalue weighted by Gasteiger charge is -2.32. The van der Waals surface area contributed by atoms with Crippen molar-refractivity contribution in [1.29, 1.82) is 0 Å². The van der Waals surface area contributed by atoms with E-state index in [1.165, 1.54) is 49.7 Å². The third kappa shape index (κ3) is 5.06. The number of benzene rings is 8. The van der Waals surface area contributed by atoms with Crippen LogP contribution in [0.5, 0.6) is 0 Å². The first-order chi connectivity index (χ1) is 29.8. The number of hydrogen-bond donors (Lipinski definition) is 0. The van der Waals surface area contributed by atoms with E-state index in [0.29, 0.717) is 17.6 Å². The van der Waals surface area contributed by atoms with Crippen LogP contribution in [-0.2, 0) is 5.41 Å². The van der Waals surface area contributed by atoms with Crippen molar-refractivity contribution in [3.05, 3.63) is 235 Å². The van der Waals surface area contributed by atoms with Gasteiger partial charge in [0.2, 0.25) is 5.95 Å². The lowest BCUT2D eigenvalue weighted by atomic mass is 9.69. The van der Waals surface area contributed by atoms with E-state index < -0.39 is 5.41 Å². The van der Waals surface area contributed by atoms with Gasteiger partial charge >= 0.3 is 0 Å². The maximum absolute atomic E-state index is 5.16. The summed E-state index contributed by atoms with van der Waals surface area (Å²) in [6.45, 7) is 0. The van der Waals surface area contributed by atoms with Crippen molar-refractivity contribution >= 4 is 32.6 Å². The van der Waals surface area contributed by atoms with Crippen molar-refractivity contribution in [1.82, 2.24) is 24.5 Å². The standard InChI is InChI=1S/C55H35N5/c1-4-17-36(18-5-1)52-57-53(37-19-6-2-7-20-37)59-54(58-52)60-48-28-13-11-24-44(48)51-43-26-16-25-40(41(43)31-33-49(51)60)38-30-32-47-45(35-38)42-23-10-12-27-46(42)55(47,39-21-8-3-9-22-39)50-29-14-15-34-56-50/h1-35H. The fraction of sp³-hybridized carbons (Fsp3) is 0.0182. The molecule has 0 aliphatic heterocycles. The van der Waals surface area contributed by atoms with Gasteiger partial charge in [0.05, 0.1) is 22.1 Å². The first-order valence-corrected chi connectivity index (χ1v) is 20.3. The number of fused-ring (bicyclic) bond motifs is 8. The highest BCUT2D eigenvalue weighted by Gasteiger charge is 2.47. The van der Waals surface area contributed by atoms with Gasteiger partial charge in [0.15, 0.2) is 11.6 Å². The molecular weight excluding hydrogens is 731 g/mol. The van der Waals surface area contributed by atoms with Gasteiger partial charge < -0.3 is 0 Å².